The topological polar surface area (TPSA) is 67.3 Å². The number of halogens is 1. The minimum atomic E-state index is -0.296. The molecule has 1 atom stereocenters. The van der Waals surface area contributed by atoms with Crippen LogP contribution in [0.4, 0.5) is 0 Å². The molecule has 1 aliphatic heterocycles. The summed E-state index contributed by atoms with van der Waals surface area (Å²) < 4.78 is 11.3. The monoisotopic (exact) mass is 476 g/mol. The third kappa shape index (κ3) is 4.29. The average molecular weight is 477 g/mol. The van der Waals surface area contributed by atoms with Gasteiger partial charge in [0, 0.05) is 16.3 Å². The quantitative estimate of drug-likeness (QED) is 0.346. The van der Waals surface area contributed by atoms with Gasteiger partial charge in [0.15, 0.2) is 5.11 Å². The third-order valence-electron chi connectivity index (χ3n) is 5.64. The zero-order valence-corrected chi connectivity index (χ0v) is 19.7. The molecule has 0 aliphatic carbocycles. The number of nitrogens with zero attached hydrogens (tertiary/aromatic N) is 3. The maximum atomic E-state index is 6.30. The highest BCUT2D eigenvalue weighted by Gasteiger charge is 2.34. The molecule has 1 N–H and O–H groups in total. The van der Waals surface area contributed by atoms with Crippen molar-refractivity contribution in [3.8, 4) is 11.4 Å². The summed E-state index contributed by atoms with van der Waals surface area (Å²) in [4.78, 5) is 6.71. The van der Waals surface area contributed by atoms with Crippen LogP contribution in [-0.2, 0) is 6.54 Å². The molecule has 1 unspecified atom stereocenters. The molecule has 4 aromatic rings. The predicted octanol–water partition coefficient (Wildman–Crippen LogP) is 6.15. The molecule has 0 spiro atoms. The Labute approximate surface area is 201 Å². The second-order valence-corrected chi connectivity index (χ2v) is 8.71. The van der Waals surface area contributed by atoms with Crippen molar-refractivity contribution in [2.75, 3.05) is 0 Å². The first-order valence-corrected chi connectivity index (χ1v) is 11.3. The molecule has 3 heterocycles. The predicted molar refractivity (Wildman–Crippen MR) is 131 cm³/mol. The van der Waals surface area contributed by atoms with Gasteiger partial charge in [-0.2, -0.15) is 4.98 Å². The number of aromatic nitrogens is 2. The van der Waals surface area contributed by atoms with Crippen LogP contribution in [0.3, 0.4) is 0 Å². The molecule has 2 aromatic carbocycles. The van der Waals surface area contributed by atoms with Crippen LogP contribution < -0.4 is 5.32 Å². The second-order valence-electron chi connectivity index (χ2n) is 7.89. The van der Waals surface area contributed by atoms with E-state index < -0.39 is 0 Å². The summed E-state index contributed by atoms with van der Waals surface area (Å²) >= 11 is 12.0. The number of hydrogen-bond acceptors (Lipinski definition) is 5. The highest BCUT2D eigenvalue weighted by molar-refractivity contribution is 7.80. The lowest BCUT2D eigenvalue weighted by Crippen LogP contribution is -2.45. The summed E-state index contributed by atoms with van der Waals surface area (Å²) in [6.07, 6.45) is 1.65. The summed E-state index contributed by atoms with van der Waals surface area (Å²) in [6.45, 7) is 4.52. The van der Waals surface area contributed by atoms with E-state index in [1.165, 1.54) is 5.56 Å². The Hall–Kier alpha value is -3.42. The van der Waals surface area contributed by atoms with E-state index in [-0.39, 0.29) is 6.04 Å². The molecule has 0 fully saturated rings. The van der Waals surface area contributed by atoms with Gasteiger partial charge in [0.1, 0.15) is 5.76 Å². The van der Waals surface area contributed by atoms with Gasteiger partial charge >= 0.3 is 0 Å². The smallest absolute Gasteiger partial charge is 0.258 e. The molecule has 1 aliphatic rings. The van der Waals surface area contributed by atoms with E-state index in [0.29, 0.717) is 28.4 Å². The zero-order valence-electron chi connectivity index (χ0n) is 18.1. The second kappa shape index (κ2) is 8.84. The van der Waals surface area contributed by atoms with Gasteiger partial charge in [0.25, 0.3) is 5.89 Å². The molecule has 0 amide bonds. The Morgan fingerprint density at radius 1 is 1.09 bits per heavy atom. The molecule has 2 aromatic heterocycles. The standard InChI is InChI=1S/C25H21ClN4O2S/c1-15-8-10-17(11-9-15)23-28-24(32-29-23)21-16(2)30(14-20-7-4-12-31-20)25(33)27-22(21)18-5-3-6-19(26)13-18/h3-13,22H,14H2,1-2H3,(H,27,33). The summed E-state index contributed by atoms with van der Waals surface area (Å²) in [6, 6.07) is 19.2. The average Bonchev–Trinajstić information content (AvgIpc) is 3.49. The molecule has 0 saturated carbocycles. The number of rotatable bonds is 5. The van der Waals surface area contributed by atoms with Crippen molar-refractivity contribution in [2.24, 2.45) is 0 Å². The van der Waals surface area contributed by atoms with E-state index >= 15 is 0 Å². The molecule has 0 radical (unpaired) electrons. The largest absolute Gasteiger partial charge is 0.467 e. The third-order valence-corrected chi connectivity index (χ3v) is 6.21. The van der Waals surface area contributed by atoms with Crippen molar-refractivity contribution in [1.29, 1.82) is 0 Å². The molecule has 6 nitrogen and oxygen atoms in total. The fourth-order valence-corrected chi connectivity index (χ4v) is 4.41. The van der Waals surface area contributed by atoms with Crippen LogP contribution >= 0.6 is 23.8 Å². The first kappa shape index (κ1) is 21.4. The fraction of sp³-hybridized carbons (Fsp3) is 0.160. The number of thiocarbonyl (C=S) groups is 1. The van der Waals surface area contributed by atoms with Crippen LogP contribution in [0, 0.1) is 6.92 Å². The lowest BCUT2D eigenvalue weighted by molar-refractivity contribution is 0.382. The lowest BCUT2D eigenvalue weighted by atomic mass is 9.95. The van der Waals surface area contributed by atoms with E-state index in [0.717, 1.165) is 28.2 Å². The van der Waals surface area contributed by atoms with Crippen LogP contribution in [0.5, 0.6) is 0 Å². The normalized spacial score (nSPS) is 16.3. The highest BCUT2D eigenvalue weighted by Crippen LogP contribution is 2.38. The summed E-state index contributed by atoms with van der Waals surface area (Å²) in [5, 5.41) is 8.90. The van der Waals surface area contributed by atoms with Crippen LogP contribution in [0.15, 0.2) is 81.6 Å². The van der Waals surface area contributed by atoms with E-state index in [1.54, 1.807) is 6.26 Å². The maximum absolute atomic E-state index is 6.30. The van der Waals surface area contributed by atoms with Crippen LogP contribution in [0.2, 0.25) is 5.02 Å². The maximum Gasteiger partial charge on any atom is 0.258 e. The van der Waals surface area contributed by atoms with Gasteiger partial charge < -0.3 is 19.2 Å². The molecule has 0 saturated heterocycles. The van der Waals surface area contributed by atoms with Gasteiger partial charge in [-0.15, -0.1) is 0 Å². The number of hydrogen-bond donors (Lipinski definition) is 1. The van der Waals surface area contributed by atoms with E-state index in [4.69, 9.17) is 37.7 Å². The lowest BCUT2D eigenvalue weighted by Gasteiger charge is -2.37. The van der Waals surface area contributed by atoms with E-state index in [9.17, 15) is 0 Å². The highest BCUT2D eigenvalue weighted by atomic mass is 35.5. The number of allylic oxidation sites excluding steroid dienone is 1. The molecular formula is C25H21ClN4O2S. The molecule has 5 rings (SSSR count). The fourth-order valence-electron chi connectivity index (χ4n) is 3.90. The van der Waals surface area contributed by atoms with Crippen molar-refractivity contribution in [1.82, 2.24) is 20.4 Å². The number of nitrogens with one attached hydrogen (secondary N) is 1. The van der Waals surface area contributed by atoms with Crippen molar-refractivity contribution < 1.29 is 8.94 Å². The Morgan fingerprint density at radius 2 is 1.91 bits per heavy atom. The Kier molecular flexibility index (Phi) is 5.74. The van der Waals surface area contributed by atoms with Gasteiger partial charge in [0.2, 0.25) is 5.82 Å². The Balaban J connectivity index is 1.60. The van der Waals surface area contributed by atoms with Gasteiger partial charge in [-0.1, -0.05) is 58.7 Å². The van der Waals surface area contributed by atoms with Gasteiger partial charge in [-0.05, 0) is 55.9 Å². The van der Waals surface area contributed by atoms with Crippen LogP contribution in [0.1, 0.15) is 35.7 Å². The van der Waals surface area contributed by atoms with Gasteiger partial charge in [0.05, 0.1) is 24.4 Å². The van der Waals surface area contributed by atoms with Crippen molar-refractivity contribution in [3.63, 3.8) is 0 Å². The number of benzene rings is 2. The van der Waals surface area contributed by atoms with Crippen molar-refractivity contribution >= 4 is 34.5 Å². The van der Waals surface area contributed by atoms with Gasteiger partial charge in [-0.3, -0.25) is 0 Å². The molecule has 166 valence electrons. The Bertz CT molecular complexity index is 1330. The SMILES string of the molecule is CC1=C(c2nc(-c3ccc(C)cc3)no2)C(c2cccc(Cl)c2)NC(=S)N1Cc1ccco1. The van der Waals surface area contributed by atoms with Gasteiger partial charge in [-0.25, -0.2) is 0 Å². The van der Waals surface area contributed by atoms with Crippen molar-refractivity contribution in [3.05, 3.63) is 100 Å². The number of aryl methyl sites for hydroxylation is 1. The molecule has 33 heavy (non-hydrogen) atoms. The minimum Gasteiger partial charge on any atom is -0.467 e. The van der Waals surface area contributed by atoms with Crippen molar-refractivity contribution in [2.45, 2.75) is 26.4 Å². The van der Waals surface area contributed by atoms with E-state index in [1.807, 2.05) is 79.4 Å². The minimum absolute atomic E-state index is 0.296. The molecule has 0 bridgehead atoms. The van der Waals surface area contributed by atoms with E-state index in [2.05, 4.69) is 10.5 Å². The summed E-state index contributed by atoms with van der Waals surface area (Å²) in [5.41, 5.74) is 4.75. The molecule has 8 heteroatoms. The summed E-state index contributed by atoms with van der Waals surface area (Å²) in [5.74, 6) is 1.75. The zero-order chi connectivity index (χ0) is 22.9. The number of furan rings is 1. The van der Waals surface area contributed by atoms with Crippen LogP contribution in [0.25, 0.3) is 17.0 Å². The summed E-state index contributed by atoms with van der Waals surface area (Å²) in [7, 11) is 0. The molecular weight excluding hydrogens is 456 g/mol. The first-order valence-electron chi connectivity index (χ1n) is 10.5. The Morgan fingerprint density at radius 3 is 2.64 bits per heavy atom. The first-order chi connectivity index (χ1) is 16.0. The van der Waals surface area contributed by atoms with Crippen LogP contribution in [-0.4, -0.2) is 20.2 Å².